The van der Waals surface area contributed by atoms with Crippen molar-refractivity contribution in [1.29, 1.82) is 0 Å². The van der Waals surface area contributed by atoms with Gasteiger partial charge in [-0.05, 0) is 158 Å². The third-order valence-corrected chi connectivity index (χ3v) is 24.8. The molecule has 130 heavy (non-hydrogen) atoms. The normalized spacial score (nSPS) is 42.5. The van der Waals surface area contributed by atoms with Crippen LogP contribution < -0.4 is 0 Å². The standard InChI is InChI=1S/C87H142O43/c1-13-86(11,129-83-70(111)63(104)72(50(35-91)121-83)125-81-67(108)60(101)56(97)48(33-89)119-81)28-18-24-39(4)21-15-20-38(3)22-16-25-42(7)115-79-69(110)62(103)74(52(123-79)37-114-78-65(106)58(99)53(94)43(8)116-78)127-85-76(75(55(96)45(10)118-85)128-80-66(107)59(100)54(95)44(9)117-80)124-77(113)41(6)31-47(93)30-40(5)23-17-26-46(32-88)27-19-29-87(12,14-2)130-84-71(112)64(105)73(51(36-92)122-84)126-82-68(109)61(102)57(98)49(34-90)120-82/h13-14,20,23-25,27,31,43-45,47-76,78-85,88-112H,1-2,15-19,21-22,26,28-30,32-37H2,3-12H3/b38-20+,39-24+,40-23+,41-31+,42-25-,46-27-/t43-,44-,45-,47?,48+,49+,50+,51+,52+,53-,54-,55-,56+,57+,58+,59+,60-,61-,62+,63+,64+,65+,66+,67+,68+,69+,70+,71+,72+,73+,74+,75+,76+,78+,79+,80-,81-,82-,83-,84-,85-,86+,87+/m0/s1. The van der Waals surface area contributed by atoms with Crippen molar-refractivity contribution in [1.82, 2.24) is 0 Å². The van der Waals surface area contributed by atoms with E-state index in [1.165, 1.54) is 45.9 Å². The van der Waals surface area contributed by atoms with E-state index in [4.69, 9.17) is 80.5 Å². The molecule has 8 aliphatic rings. The maximum Gasteiger partial charge on any atom is 0.334 e. The molecule has 8 rings (SSSR count). The van der Waals surface area contributed by atoms with Crippen LogP contribution >= 0.6 is 0 Å². The molecule has 1 unspecified atom stereocenters. The molecule has 8 aliphatic heterocycles. The molecule has 25 N–H and O–H groups in total. The molecule has 748 valence electrons. The second-order valence-corrected chi connectivity index (χ2v) is 35.2. The van der Waals surface area contributed by atoms with Gasteiger partial charge in [-0.1, -0.05) is 53.2 Å². The number of allylic oxidation sites excluding steroid dienone is 8. The lowest BCUT2D eigenvalue weighted by atomic mass is 9.95. The van der Waals surface area contributed by atoms with Crippen LogP contribution in [0.15, 0.2) is 95.4 Å². The predicted octanol–water partition coefficient (Wildman–Crippen LogP) is -5.66. The van der Waals surface area contributed by atoms with Gasteiger partial charge < -0.3 is 208 Å². The Morgan fingerprint density at radius 1 is 0.362 bits per heavy atom. The molecule has 0 aromatic rings. The fourth-order valence-corrected chi connectivity index (χ4v) is 16.2. The van der Waals surface area contributed by atoms with Crippen molar-refractivity contribution in [2.24, 2.45) is 0 Å². The first-order chi connectivity index (χ1) is 61.3. The molecule has 43 nitrogen and oxygen atoms in total. The van der Waals surface area contributed by atoms with E-state index in [1.54, 1.807) is 45.9 Å². The zero-order chi connectivity index (χ0) is 96.4. The molecular formula is C87H142O43. The second kappa shape index (κ2) is 50.8. The van der Waals surface area contributed by atoms with Gasteiger partial charge in [-0.3, -0.25) is 0 Å². The Hall–Kier alpha value is -4.41. The minimum absolute atomic E-state index is 0.0449. The summed E-state index contributed by atoms with van der Waals surface area (Å²) in [6.07, 6.45) is -51.2. The summed E-state index contributed by atoms with van der Waals surface area (Å²) >= 11 is 0. The summed E-state index contributed by atoms with van der Waals surface area (Å²) in [6, 6.07) is 0. The van der Waals surface area contributed by atoms with Crippen molar-refractivity contribution in [2.45, 2.75) is 403 Å². The first-order valence-electron chi connectivity index (χ1n) is 44.0. The summed E-state index contributed by atoms with van der Waals surface area (Å²) in [5.74, 6) is -0.952. The molecule has 8 saturated heterocycles. The van der Waals surface area contributed by atoms with E-state index >= 15 is 0 Å². The van der Waals surface area contributed by atoms with Crippen LogP contribution in [0, 0.1) is 0 Å². The van der Waals surface area contributed by atoms with Crippen LogP contribution in [-0.4, -0.2) is 436 Å². The van der Waals surface area contributed by atoms with Gasteiger partial charge in [-0.25, -0.2) is 4.79 Å². The zero-order valence-corrected chi connectivity index (χ0v) is 74.8. The average molecular weight is 1880 g/mol. The van der Waals surface area contributed by atoms with Gasteiger partial charge in [0.05, 0.1) is 81.0 Å². The highest BCUT2D eigenvalue weighted by Crippen LogP contribution is 2.40. The van der Waals surface area contributed by atoms with Crippen LogP contribution in [0.5, 0.6) is 0 Å². The number of rotatable bonds is 44. The Bertz CT molecular complexity index is 3660. The molecule has 0 saturated carbocycles. The molecule has 43 heteroatoms. The second-order valence-electron chi connectivity index (χ2n) is 35.2. The van der Waals surface area contributed by atoms with Crippen molar-refractivity contribution >= 4 is 5.97 Å². The molecule has 0 aromatic heterocycles. The number of ether oxygens (including phenoxy) is 17. The van der Waals surface area contributed by atoms with Crippen LogP contribution in [0.4, 0.5) is 0 Å². The first kappa shape index (κ1) is 111. The summed E-state index contributed by atoms with van der Waals surface area (Å²) in [7, 11) is 0. The van der Waals surface area contributed by atoms with Gasteiger partial charge in [0.2, 0.25) is 6.29 Å². The number of hydrogen-bond acceptors (Lipinski definition) is 43. The Labute approximate surface area is 754 Å². The third-order valence-electron chi connectivity index (χ3n) is 24.8. The Kier molecular flexibility index (Phi) is 43.3. The van der Waals surface area contributed by atoms with Crippen LogP contribution in [0.2, 0.25) is 0 Å². The zero-order valence-electron chi connectivity index (χ0n) is 74.8. The molecule has 8 fully saturated rings. The van der Waals surface area contributed by atoms with E-state index < -0.39 is 302 Å². The molecule has 43 atom stereocenters. The Morgan fingerprint density at radius 2 is 0.723 bits per heavy atom. The fourth-order valence-electron chi connectivity index (χ4n) is 16.2. The summed E-state index contributed by atoms with van der Waals surface area (Å²) in [6.45, 7) is 19.5. The van der Waals surface area contributed by atoms with E-state index in [1.807, 2.05) is 19.9 Å². The summed E-state index contributed by atoms with van der Waals surface area (Å²) < 4.78 is 101. The maximum atomic E-state index is 14.5. The van der Waals surface area contributed by atoms with Crippen molar-refractivity contribution in [3.8, 4) is 0 Å². The molecular weight excluding hydrogens is 1730 g/mol. The topological polar surface area (TPSA) is 680 Å². The van der Waals surface area contributed by atoms with Gasteiger partial charge in [0.25, 0.3) is 0 Å². The monoisotopic (exact) mass is 1870 g/mol. The highest BCUT2D eigenvalue weighted by molar-refractivity contribution is 5.88. The molecule has 0 amide bonds. The number of hydrogen-bond donors (Lipinski definition) is 25. The molecule has 0 aromatic carbocycles. The van der Waals surface area contributed by atoms with Crippen molar-refractivity contribution < 1.29 is 213 Å². The van der Waals surface area contributed by atoms with E-state index in [2.05, 4.69) is 19.2 Å². The SMILES string of the molecule is C=C[C@](C)(CC/C=C(\CO)CC/C=C(\C)CC(O)/C=C(\C)C(=O)O[C@H]1[C@H](O[C@H]2[C@H](O)[C@@H](O)[C@H](O/C(C)=C\CC/C(C)=C/CC/C(C)=C/CC[C@@](C)(C=C)O[C@@H]3O[C@H](CO)[C@@H](O[C@@H]4O[C@H](CO)[C@@H](O)[C@H](O)[C@H]4O)[C@H](O)[C@H]3O)O[C@@H]2CO[C@@H]2O[C@@H](C)[C@H](O)[C@@H](O)[C@H]2O)O[C@@H](C)[C@H](O)[C@H]1O[C@@H]1O[C@@H](C)[C@H](O)[C@@H](O)[C@H]1O)O[C@@H]1O[C@H](CO)[C@@H](O[C@@H]2O[C@H](CO)[C@@H](O)[C@H](O)[C@H]2O)[C@H](O)[C@H]1O. The molecule has 0 spiro atoms. The highest BCUT2D eigenvalue weighted by atomic mass is 16.8. The lowest BCUT2D eigenvalue weighted by molar-refractivity contribution is -0.378. The van der Waals surface area contributed by atoms with Crippen molar-refractivity contribution in [2.75, 3.05) is 39.6 Å². The van der Waals surface area contributed by atoms with Crippen molar-refractivity contribution in [3.05, 3.63) is 95.4 Å². The van der Waals surface area contributed by atoms with Crippen LogP contribution in [-0.2, 0) is 85.3 Å². The van der Waals surface area contributed by atoms with Gasteiger partial charge >= 0.3 is 5.97 Å². The number of aliphatic hydroxyl groups excluding tert-OH is 25. The number of esters is 1. The Morgan fingerprint density at radius 3 is 1.20 bits per heavy atom. The van der Waals surface area contributed by atoms with E-state index in [9.17, 15) is 132 Å². The largest absolute Gasteiger partial charge is 0.467 e. The molecule has 0 aliphatic carbocycles. The van der Waals surface area contributed by atoms with Gasteiger partial charge in [-0.2, -0.15) is 0 Å². The first-order valence-corrected chi connectivity index (χ1v) is 44.0. The summed E-state index contributed by atoms with van der Waals surface area (Å²) in [5.41, 5.74) is 0.645. The molecule has 8 heterocycles. The van der Waals surface area contributed by atoms with Crippen molar-refractivity contribution in [3.63, 3.8) is 0 Å². The lowest BCUT2D eigenvalue weighted by Gasteiger charge is -2.49. The number of carbonyl (C=O) groups is 1. The van der Waals surface area contributed by atoms with Crippen LogP contribution in [0.25, 0.3) is 0 Å². The van der Waals surface area contributed by atoms with Gasteiger partial charge in [0, 0.05) is 5.57 Å². The molecule has 0 radical (unpaired) electrons. The Balaban J connectivity index is 0.888. The average Bonchev–Trinajstić information content (AvgIpc) is 0.791. The minimum atomic E-state index is -2.04. The van der Waals surface area contributed by atoms with Crippen LogP contribution in [0.3, 0.4) is 0 Å². The predicted molar refractivity (Wildman–Crippen MR) is 445 cm³/mol. The van der Waals surface area contributed by atoms with Gasteiger partial charge in [-0.15, -0.1) is 13.2 Å². The number of carbonyl (C=O) groups excluding carboxylic acids is 1. The van der Waals surface area contributed by atoms with E-state index in [-0.39, 0.29) is 37.2 Å². The summed E-state index contributed by atoms with van der Waals surface area (Å²) in [4.78, 5) is 14.5. The maximum absolute atomic E-state index is 14.5. The van der Waals surface area contributed by atoms with E-state index in [0.717, 1.165) is 11.1 Å². The third kappa shape index (κ3) is 28.7. The quantitative estimate of drug-likeness (QED) is 0.0117. The fraction of sp³-hybridized carbons (Fsp3) is 0.805. The molecule has 0 bridgehead atoms. The highest BCUT2D eigenvalue weighted by Gasteiger charge is 2.59. The smallest absolute Gasteiger partial charge is 0.334 e. The van der Waals surface area contributed by atoms with Gasteiger partial charge in [0.1, 0.15) is 171 Å². The van der Waals surface area contributed by atoms with Gasteiger partial charge in [0.15, 0.2) is 50.1 Å². The minimum Gasteiger partial charge on any atom is -0.467 e. The van der Waals surface area contributed by atoms with E-state index in [0.29, 0.717) is 62.5 Å². The lowest BCUT2D eigenvalue weighted by Crippen LogP contribution is -2.66. The van der Waals surface area contributed by atoms with Crippen LogP contribution in [0.1, 0.15) is 140 Å². The summed E-state index contributed by atoms with van der Waals surface area (Å²) in [5, 5.41) is 269. The number of aliphatic hydroxyl groups is 25.